The molecule has 118 valence electrons. The fourth-order valence-electron chi connectivity index (χ4n) is 2.01. The molecule has 5 nitrogen and oxygen atoms in total. The van der Waals surface area contributed by atoms with Gasteiger partial charge in [0.2, 0.25) is 11.0 Å². The van der Waals surface area contributed by atoms with Crippen LogP contribution in [0.4, 0.5) is 5.13 Å². The molecule has 1 N–H and O–H groups in total. The Morgan fingerprint density at radius 3 is 2.48 bits per heavy atom. The zero-order valence-electron chi connectivity index (χ0n) is 13.3. The molecule has 1 heterocycles. The normalized spacial score (nSPS) is 12.5. The van der Waals surface area contributed by atoms with E-state index in [2.05, 4.69) is 22.1 Å². The molecule has 0 aliphatic rings. The highest BCUT2D eigenvalue weighted by molar-refractivity contribution is 8.02. The fourth-order valence-corrected chi connectivity index (χ4v) is 3.96. The molecule has 1 unspecified atom stereocenters. The number of rotatable bonds is 8. The van der Waals surface area contributed by atoms with Crippen LogP contribution in [-0.2, 0) is 4.79 Å². The number of nitrogens with one attached hydrogen (secondary N) is 1. The number of carbonyl (C=O) groups excluding carboxylic acids is 1. The highest BCUT2D eigenvalue weighted by Gasteiger charge is 2.26. The number of nitrogens with zero attached hydrogens (tertiary/aromatic N) is 3. The van der Waals surface area contributed by atoms with Crippen LogP contribution in [0, 0.1) is 0 Å². The van der Waals surface area contributed by atoms with Gasteiger partial charge >= 0.3 is 0 Å². The third-order valence-electron chi connectivity index (χ3n) is 2.80. The molecule has 0 fully saturated rings. The van der Waals surface area contributed by atoms with Gasteiger partial charge in [0.1, 0.15) is 0 Å². The lowest BCUT2D eigenvalue weighted by molar-refractivity contribution is -0.133. The number of aromatic nitrogens is 2. The van der Waals surface area contributed by atoms with Crippen LogP contribution in [0.2, 0.25) is 0 Å². The van der Waals surface area contributed by atoms with Crippen molar-refractivity contribution in [3.05, 3.63) is 12.7 Å². The number of anilines is 1. The van der Waals surface area contributed by atoms with Crippen LogP contribution < -0.4 is 5.32 Å². The lowest BCUT2D eigenvalue weighted by Gasteiger charge is -2.32. The van der Waals surface area contributed by atoms with E-state index in [9.17, 15) is 4.79 Å². The molecule has 1 aromatic heterocycles. The number of hydrogen-bond donors (Lipinski definition) is 1. The zero-order chi connectivity index (χ0) is 16.0. The molecule has 1 aromatic rings. The first-order chi connectivity index (χ1) is 9.86. The van der Waals surface area contributed by atoms with E-state index in [-0.39, 0.29) is 23.2 Å². The predicted molar refractivity (Wildman–Crippen MR) is 91.0 cm³/mol. The fraction of sp³-hybridized carbons (Fsp3) is 0.643. The van der Waals surface area contributed by atoms with Crippen molar-refractivity contribution in [2.45, 2.75) is 56.3 Å². The maximum Gasteiger partial charge on any atom is 0.236 e. The van der Waals surface area contributed by atoms with Crippen LogP contribution in [0.3, 0.4) is 0 Å². The van der Waals surface area contributed by atoms with Gasteiger partial charge in [-0.25, -0.2) is 0 Å². The molecule has 0 aromatic carbocycles. The van der Waals surface area contributed by atoms with Gasteiger partial charge in [-0.2, -0.15) is 0 Å². The average molecular weight is 329 g/mol. The van der Waals surface area contributed by atoms with Crippen LogP contribution in [0.5, 0.6) is 0 Å². The van der Waals surface area contributed by atoms with Crippen LogP contribution >= 0.6 is 23.1 Å². The molecule has 21 heavy (non-hydrogen) atoms. The van der Waals surface area contributed by atoms with E-state index in [0.29, 0.717) is 6.54 Å². The van der Waals surface area contributed by atoms with E-state index in [1.807, 2.05) is 39.5 Å². The Labute approximate surface area is 135 Å². The van der Waals surface area contributed by atoms with Crippen LogP contribution in [0.25, 0.3) is 0 Å². The molecule has 0 aliphatic heterocycles. The van der Waals surface area contributed by atoms with Crippen LogP contribution in [0.1, 0.15) is 34.6 Å². The summed E-state index contributed by atoms with van der Waals surface area (Å²) in [5, 5.41) is 11.8. The van der Waals surface area contributed by atoms with E-state index >= 15 is 0 Å². The minimum Gasteiger partial charge on any atom is -0.357 e. The van der Waals surface area contributed by atoms with Crippen molar-refractivity contribution >= 4 is 34.1 Å². The molecular weight excluding hydrogens is 304 g/mol. The van der Waals surface area contributed by atoms with Gasteiger partial charge < -0.3 is 10.2 Å². The van der Waals surface area contributed by atoms with Crippen molar-refractivity contribution in [1.29, 1.82) is 0 Å². The smallest absolute Gasteiger partial charge is 0.236 e. The van der Waals surface area contributed by atoms with Crippen LogP contribution in [-0.4, -0.2) is 44.9 Å². The number of carbonyl (C=O) groups is 1. The minimum absolute atomic E-state index is 0.140. The summed E-state index contributed by atoms with van der Waals surface area (Å²) in [4.78, 5) is 14.5. The Morgan fingerprint density at radius 1 is 1.33 bits per heavy atom. The molecule has 0 radical (unpaired) electrons. The van der Waals surface area contributed by atoms with Gasteiger partial charge in [-0.05, 0) is 34.6 Å². The van der Waals surface area contributed by atoms with E-state index in [4.69, 9.17) is 0 Å². The second-order valence-corrected chi connectivity index (χ2v) is 7.80. The molecule has 0 bridgehead atoms. The molecule has 0 saturated carbocycles. The molecule has 1 rings (SSSR count). The summed E-state index contributed by atoms with van der Waals surface area (Å²) >= 11 is 2.92. The monoisotopic (exact) mass is 328 g/mol. The van der Waals surface area contributed by atoms with Gasteiger partial charge in [0.15, 0.2) is 4.34 Å². The lowest BCUT2D eigenvalue weighted by atomic mass is 10.2. The molecular formula is C14H24N4OS2. The second-order valence-electron chi connectivity index (χ2n) is 5.24. The SMILES string of the molecule is C=CCNc1nnc(SC(C)C(=O)N(C(C)C)C(C)C)s1. The molecule has 0 saturated heterocycles. The predicted octanol–water partition coefficient (Wildman–Crippen LogP) is 3.26. The quantitative estimate of drug-likeness (QED) is 0.586. The topological polar surface area (TPSA) is 58.1 Å². The Bertz CT molecular complexity index is 465. The molecule has 1 amide bonds. The molecule has 1 atom stereocenters. The van der Waals surface area contributed by atoms with E-state index < -0.39 is 0 Å². The largest absolute Gasteiger partial charge is 0.357 e. The van der Waals surface area contributed by atoms with Crippen molar-refractivity contribution in [2.75, 3.05) is 11.9 Å². The summed E-state index contributed by atoms with van der Waals surface area (Å²) < 4.78 is 0.801. The van der Waals surface area contributed by atoms with Gasteiger partial charge in [-0.1, -0.05) is 29.2 Å². The number of amides is 1. The van der Waals surface area contributed by atoms with Gasteiger partial charge in [0, 0.05) is 18.6 Å². The zero-order valence-corrected chi connectivity index (χ0v) is 14.9. The lowest BCUT2D eigenvalue weighted by Crippen LogP contribution is -2.45. The highest BCUT2D eigenvalue weighted by atomic mass is 32.2. The van der Waals surface area contributed by atoms with Crippen molar-refractivity contribution in [1.82, 2.24) is 15.1 Å². The van der Waals surface area contributed by atoms with E-state index in [1.54, 1.807) is 6.08 Å². The summed E-state index contributed by atoms with van der Waals surface area (Å²) in [5.41, 5.74) is 0. The standard InChI is InChI=1S/C14H24N4OS2/c1-7-8-15-13-16-17-14(21-13)20-11(6)12(19)18(9(2)3)10(4)5/h7,9-11H,1,8H2,2-6H3,(H,15,16). The van der Waals surface area contributed by atoms with Gasteiger partial charge in [0.05, 0.1) is 5.25 Å². The maximum atomic E-state index is 12.5. The summed E-state index contributed by atoms with van der Waals surface area (Å²) in [6.07, 6.45) is 1.77. The Hall–Kier alpha value is -1.08. The third kappa shape index (κ3) is 5.32. The summed E-state index contributed by atoms with van der Waals surface area (Å²) in [5.74, 6) is 0.140. The molecule has 7 heteroatoms. The Balaban J connectivity index is 2.66. The number of thioether (sulfide) groups is 1. The third-order valence-corrected chi connectivity index (χ3v) is 4.85. The maximum absolute atomic E-state index is 12.5. The first-order valence-electron chi connectivity index (χ1n) is 7.03. The number of hydrogen-bond acceptors (Lipinski definition) is 6. The van der Waals surface area contributed by atoms with Crippen molar-refractivity contribution in [2.24, 2.45) is 0 Å². The minimum atomic E-state index is -0.171. The van der Waals surface area contributed by atoms with Crippen molar-refractivity contribution in [3.63, 3.8) is 0 Å². The van der Waals surface area contributed by atoms with E-state index in [0.717, 1.165) is 9.47 Å². The first kappa shape index (κ1) is 18.0. The highest BCUT2D eigenvalue weighted by Crippen LogP contribution is 2.30. The van der Waals surface area contributed by atoms with E-state index in [1.165, 1.54) is 23.1 Å². The van der Waals surface area contributed by atoms with Crippen molar-refractivity contribution in [3.8, 4) is 0 Å². The molecule has 0 aliphatic carbocycles. The summed E-state index contributed by atoms with van der Waals surface area (Å²) in [6, 6.07) is 0.388. The first-order valence-corrected chi connectivity index (χ1v) is 8.73. The van der Waals surface area contributed by atoms with Gasteiger partial charge in [-0.15, -0.1) is 16.8 Å². The Kier molecular flexibility index (Phi) is 7.17. The molecule has 0 spiro atoms. The average Bonchev–Trinajstić information content (AvgIpc) is 2.82. The van der Waals surface area contributed by atoms with Gasteiger partial charge in [0.25, 0.3) is 0 Å². The summed E-state index contributed by atoms with van der Waals surface area (Å²) in [6.45, 7) is 14.4. The van der Waals surface area contributed by atoms with Crippen molar-refractivity contribution < 1.29 is 4.79 Å². The van der Waals surface area contributed by atoms with Gasteiger partial charge in [-0.3, -0.25) is 4.79 Å². The summed E-state index contributed by atoms with van der Waals surface area (Å²) in [7, 11) is 0. The van der Waals surface area contributed by atoms with Crippen LogP contribution in [0.15, 0.2) is 17.0 Å². The Morgan fingerprint density at radius 2 is 1.95 bits per heavy atom. The second kappa shape index (κ2) is 8.38.